The number of aromatic nitrogens is 3. The Morgan fingerprint density at radius 2 is 1.75 bits per heavy atom. The molecular weight excluding hydrogens is 417 g/mol. The normalized spacial score (nSPS) is 17.8. The number of rotatable bonds is 5. The third-order valence-corrected chi connectivity index (χ3v) is 5.39. The second kappa shape index (κ2) is 7.96. The molecule has 0 spiro atoms. The van der Waals surface area contributed by atoms with E-state index in [0.717, 1.165) is 17.7 Å². The van der Waals surface area contributed by atoms with Crippen molar-refractivity contribution in [1.82, 2.24) is 14.8 Å². The molecule has 0 amide bonds. The Morgan fingerprint density at radius 1 is 0.906 bits per heavy atom. The zero-order valence-electron chi connectivity index (χ0n) is 16.8. The van der Waals surface area contributed by atoms with Crippen LogP contribution in [0.2, 0.25) is 0 Å². The van der Waals surface area contributed by atoms with Crippen molar-refractivity contribution in [3.05, 3.63) is 108 Å². The van der Waals surface area contributed by atoms with Crippen molar-refractivity contribution in [2.24, 2.45) is 4.99 Å². The number of hydrogen-bond donors (Lipinski definition) is 0. The summed E-state index contributed by atoms with van der Waals surface area (Å²) in [6, 6.07) is 17.5. The van der Waals surface area contributed by atoms with E-state index >= 15 is 4.39 Å². The summed E-state index contributed by atoms with van der Waals surface area (Å²) in [5.74, 6) is -1.93. The molecule has 3 aromatic carbocycles. The molecular formula is C24H17F3N4O. The molecule has 1 atom stereocenters. The van der Waals surface area contributed by atoms with Crippen LogP contribution in [0.5, 0.6) is 0 Å². The molecule has 5 nitrogen and oxygen atoms in total. The number of halogens is 3. The summed E-state index contributed by atoms with van der Waals surface area (Å²) >= 11 is 0. The van der Waals surface area contributed by atoms with Gasteiger partial charge in [0.25, 0.3) is 0 Å². The van der Waals surface area contributed by atoms with E-state index in [9.17, 15) is 8.78 Å². The first-order chi connectivity index (χ1) is 15.5. The number of ether oxygens (including phenoxy) is 1. The first kappa shape index (κ1) is 20.0. The maximum absolute atomic E-state index is 15.0. The maximum atomic E-state index is 15.0. The Kier molecular flexibility index (Phi) is 4.97. The lowest BCUT2D eigenvalue weighted by Gasteiger charge is -2.24. The molecule has 0 aliphatic carbocycles. The summed E-state index contributed by atoms with van der Waals surface area (Å²) in [5, 5.41) is 4.07. The lowest BCUT2D eigenvalue weighted by molar-refractivity contribution is 0.225. The highest BCUT2D eigenvalue weighted by atomic mass is 19.1. The third-order valence-electron chi connectivity index (χ3n) is 5.39. The Labute approximate surface area is 181 Å². The van der Waals surface area contributed by atoms with E-state index in [1.807, 2.05) is 30.3 Å². The Balaban J connectivity index is 1.56. The highest BCUT2D eigenvalue weighted by molar-refractivity contribution is 5.96. The number of aliphatic imine (C=N–C) groups is 1. The van der Waals surface area contributed by atoms with E-state index in [4.69, 9.17) is 4.74 Å². The second-order valence-electron chi connectivity index (χ2n) is 7.52. The van der Waals surface area contributed by atoms with Gasteiger partial charge in [-0.1, -0.05) is 42.5 Å². The SMILES string of the molecule is Fc1ccc(C2(Cn3cncn3)COC(c3ccc(-c4ccccc4)cc3F)=N2)c(F)c1. The Hall–Kier alpha value is -3.94. The van der Waals surface area contributed by atoms with Crippen molar-refractivity contribution in [3.8, 4) is 11.1 Å². The van der Waals surface area contributed by atoms with Gasteiger partial charge in [-0.2, -0.15) is 5.10 Å². The van der Waals surface area contributed by atoms with E-state index in [-0.39, 0.29) is 30.2 Å². The first-order valence-electron chi connectivity index (χ1n) is 9.90. The largest absolute Gasteiger partial charge is 0.474 e. The minimum Gasteiger partial charge on any atom is -0.474 e. The van der Waals surface area contributed by atoms with Crippen LogP contribution in [0.4, 0.5) is 13.2 Å². The first-order valence-corrected chi connectivity index (χ1v) is 9.90. The van der Waals surface area contributed by atoms with Crippen LogP contribution in [0.25, 0.3) is 11.1 Å². The summed E-state index contributed by atoms with van der Waals surface area (Å²) in [5.41, 5.74) is 0.620. The molecule has 0 saturated carbocycles. The standard InChI is InChI=1S/C24H17F3N4O/c25-18-7-9-20(22(27)11-18)24(12-31-15-28-14-29-31)13-32-23(30-24)19-8-6-17(10-21(19)26)16-4-2-1-3-5-16/h1-11,14-15H,12-13H2. The second-order valence-corrected chi connectivity index (χ2v) is 7.52. The number of benzene rings is 3. The quantitative estimate of drug-likeness (QED) is 0.456. The van der Waals surface area contributed by atoms with Crippen LogP contribution in [-0.4, -0.2) is 27.3 Å². The average molecular weight is 434 g/mol. The summed E-state index contributed by atoms with van der Waals surface area (Å²) in [7, 11) is 0. The van der Waals surface area contributed by atoms with E-state index in [1.54, 1.807) is 12.1 Å². The summed E-state index contributed by atoms with van der Waals surface area (Å²) in [6.07, 6.45) is 2.81. The Morgan fingerprint density at radius 3 is 2.47 bits per heavy atom. The topological polar surface area (TPSA) is 52.3 Å². The van der Waals surface area contributed by atoms with Gasteiger partial charge in [-0.3, -0.25) is 4.68 Å². The van der Waals surface area contributed by atoms with Crippen molar-refractivity contribution >= 4 is 5.90 Å². The van der Waals surface area contributed by atoms with Gasteiger partial charge in [0.05, 0.1) is 12.1 Å². The van der Waals surface area contributed by atoms with Gasteiger partial charge in [-0.05, 0) is 29.3 Å². The fraction of sp³-hybridized carbons (Fsp3) is 0.125. The summed E-state index contributed by atoms with van der Waals surface area (Å²) in [4.78, 5) is 8.50. The van der Waals surface area contributed by atoms with Crippen molar-refractivity contribution in [1.29, 1.82) is 0 Å². The molecule has 0 bridgehead atoms. The van der Waals surface area contributed by atoms with Crippen LogP contribution >= 0.6 is 0 Å². The highest BCUT2D eigenvalue weighted by Gasteiger charge is 2.42. The van der Waals surface area contributed by atoms with Crippen molar-refractivity contribution < 1.29 is 17.9 Å². The highest BCUT2D eigenvalue weighted by Crippen LogP contribution is 2.36. The summed E-state index contributed by atoms with van der Waals surface area (Å²) in [6.45, 7) is 0.0212. The molecule has 1 aromatic heterocycles. The van der Waals surface area contributed by atoms with Gasteiger partial charge in [-0.25, -0.2) is 23.1 Å². The number of nitrogens with zero attached hydrogens (tertiary/aromatic N) is 4. The van der Waals surface area contributed by atoms with Gasteiger partial charge >= 0.3 is 0 Å². The van der Waals surface area contributed by atoms with E-state index in [0.29, 0.717) is 5.56 Å². The molecule has 0 fully saturated rings. The smallest absolute Gasteiger partial charge is 0.220 e. The molecule has 4 aromatic rings. The molecule has 1 aliphatic rings. The predicted molar refractivity (Wildman–Crippen MR) is 112 cm³/mol. The monoisotopic (exact) mass is 434 g/mol. The van der Waals surface area contributed by atoms with Crippen LogP contribution < -0.4 is 0 Å². The molecule has 160 valence electrons. The van der Waals surface area contributed by atoms with Gasteiger partial charge in [0.2, 0.25) is 5.90 Å². The molecule has 8 heteroatoms. The number of hydrogen-bond acceptors (Lipinski definition) is 4. The van der Waals surface area contributed by atoms with Crippen molar-refractivity contribution in [2.45, 2.75) is 12.1 Å². The van der Waals surface area contributed by atoms with Gasteiger partial charge in [0, 0.05) is 11.6 Å². The van der Waals surface area contributed by atoms with Gasteiger partial charge < -0.3 is 4.74 Å². The minimum atomic E-state index is -1.26. The molecule has 0 saturated heterocycles. The van der Waals surface area contributed by atoms with Crippen LogP contribution in [0, 0.1) is 17.5 Å². The molecule has 2 heterocycles. The molecule has 1 aliphatic heterocycles. The van der Waals surface area contributed by atoms with Crippen LogP contribution in [0.15, 0.2) is 84.4 Å². The van der Waals surface area contributed by atoms with Gasteiger partial charge in [0.15, 0.2) is 0 Å². The average Bonchev–Trinajstić information content (AvgIpc) is 3.45. The third kappa shape index (κ3) is 3.64. The maximum Gasteiger partial charge on any atom is 0.220 e. The molecule has 32 heavy (non-hydrogen) atoms. The summed E-state index contributed by atoms with van der Waals surface area (Å²) < 4.78 is 50.5. The molecule has 0 N–H and O–H groups in total. The molecule has 0 radical (unpaired) electrons. The minimum absolute atomic E-state index is 0.0472. The lowest BCUT2D eigenvalue weighted by Crippen LogP contribution is -2.32. The van der Waals surface area contributed by atoms with Crippen molar-refractivity contribution in [2.75, 3.05) is 6.61 Å². The molecule has 5 rings (SSSR count). The zero-order chi connectivity index (χ0) is 22.1. The van der Waals surface area contributed by atoms with E-state index < -0.39 is 23.0 Å². The molecule has 1 unspecified atom stereocenters. The van der Waals surface area contributed by atoms with Gasteiger partial charge in [0.1, 0.15) is 42.3 Å². The fourth-order valence-corrected chi connectivity index (χ4v) is 3.84. The van der Waals surface area contributed by atoms with Crippen LogP contribution in [-0.2, 0) is 16.8 Å². The van der Waals surface area contributed by atoms with Gasteiger partial charge in [-0.15, -0.1) is 0 Å². The Bertz CT molecular complexity index is 1290. The van der Waals surface area contributed by atoms with Crippen molar-refractivity contribution in [3.63, 3.8) is 0 Å². The van der Waals surface area contributed by atoms with Crippen LogP contribution in [0.1, 0.15) is 11.1 Å². The van der Waals surface area contributed by atoms with E-state index in [1.165, 1.54) is 29.5 Å². The van der Waals surface area contributed by atoms with E-state index in [2.05, 4.69) is 15.1 Å². The fourth-order valence-electron chi connectivity index (χ4n) is 3.84. The zero-order valence-corrected chi connectivity index (χ0v) is 16.8. The van der Waals surface area contributed by atoms with Crippen LogP contribution in [0.3, 0.4) is 0 Å². The lowest BCUT2D eigenvalue weighted by atomic mass is 9.91. The predicted octanol–water partition coefficient (Wildman–Crippen LogP) is 4.73.